The van der Waals surface area contributed by atoms with Gasteiger partial charge in [-0.15, -0.1) is 0 Å². The van der Waals surface area contributed by atoms with Gasteiger partial charge in [-0.1, -0.05) is 0 Å². The molecular formula is C36H32F8N8Pt2-4. The fourth-order valence-corrected chi connectivity index (χ4v) is 7.14. The van der Waals surface area contributed by atoms with Crippen LogP contribution in [0.5, 0.6) is 0 Å². The molecule has 0 bridgehead atoms. The van der Waals surface area contributed by atoms with E-state index in [0.717, 1.165) is 74.1 Å². The number of imidazole rings is 2. The molecule has 54 heavy (non-hydrogen) atoms. The van der Waals surface area contributed by atoms with Gasteiger partial charge in [-0.25, -0.2) is 0 Å². The molecule has 296 valence electrons. The predicted molar refractivity (Wildman–Crippen MR) is 171 cm³/mol. The second kappa shape index (κ2) is 18.6. The molecular weight excluding hydrogens is 1090 g/mol. The van der Waals surface area contributed by atoms with Crippen molar-refractivity contribution < 1.29 is 73.8 Å². The van der Waals surface area contributed by atoms with Gasteiger partial charge in [0.2, 0.25) is 0 Å². The van der Waals surface area contributed by atoms with Crippen LogP contribution in [0.4, 0.5) is 35.1 Å². The van der Waals surface area contributed by atoms with Gasteiger partial charge in [0.25, 0.3) is 0 Å². The van der Waals surface area contributed by atoms with Crippen molar-refractivity contribution in [3.63, 3.8) is 0 Å². The summed E-state index contributed by atoms with van der Waals surface area (Å²) < 4.78 is 115. The van der Waals surface area contributed by atoms with E-state index in [0.29, 0.717) is 20.7 Å². The molecule has 0 saturated carbocycles. The van der Waals surface area contributed by atoms with Crippen LogP contribution in [-0.2, 0) is 64.6 Å². The van der Waals surface area contributed by atoms with E-state index in [4.69, 9.17) is 0 Å². The van der Waals surface area contributed by atoms with Gasteiger partial charge in [0.15, 0.2) is 0 Å². The number of hydrogen-bond acceptors (Lipinski definition) is 2. The Hall–Kier alpha value is -3.90. The van der Waals surface area contributed by atoms with E-state index >= 15 is 0 Å². The van der Waals surface area contributed by atoms with Crippen molar-refractivity contribution in [3.05, 3.63) is 126 Å². The van der Waals surface area contributed by atoms with Crippen LogP contribution in [0.25, 0.3) is 11.4 Å². The average Bonchev–Trinajstić information content (AvgIpc) is 3.94. The van der Waals surface area contributed by atoms with Crippen molar-refractivity contribution in [2.75, 3.05) is 0 Å². The Labute approximate surface area is 326 Å². The van der Waals surface area contributed by atoms with E-state index in [1.807, 2.05) is 86.0 Å². The SMILES string of the molecule is Cc1cc(CCCCCn2ccn(-c3[c-]c(F)c(F)c(F)c3F)[c]2=[Pt])n[n-]1.Cc1cc(CCCCCn2ccn(-c3[c-]c(F)c(F)c(F)c3F)[c]2=[Pt])n[n-]1. The molecule has 0 aliphatic rings. The summed E-state index contributed by atoms with van der Waals surface area (Å²) in [5.74, 6) is -13.5. The molecule has 4 heterocycles. The summed E-state index contributed by atoms with van der Waals surface area (Å²) >= 11 is 3.85. The van der Waals surface area contributed by atoms with E-state index in [1.54, 1.807) is 12.4 Å². The number of rotatable bonds is 14. The first-order valence-corrected chi connectivity index (χ1v) is 18.9. The molecule has 18 heteroatoms. The molecule has 6 rings (SSSR count). The number of hydrogen-bond donors (Lipinski definition) is 0. The Bertz CT molecular complexity index is 2170. The summed E-state index contributed by atoms with van der Waals surface area (Å²) in [6.07, 6.45) is 13.6. The van der Waals surface area contributed by atoms with Crippen molar-refractivity contribution in [2.24, 2.45) is 0 Å². The van der Waals surface area contributed by atoms with E-state index < -0.39 is 57.9 Å². The van der Waals surface area contributed by atoms with E-state index in [-0.39, 0.29) is 0 Å². The van der Waals surface area contributed by atoms with Gasteiger partial charge in [-0.05, 0) is 0 Å². The zero-order valence-corrected chi connectivity index (χ0v) is 33.3. The maximum absolute atomic E-state index is 14.0. The summed E-state index contributed by atoms with van der Waals surface area (Å²) in [4.78, 5) is 0. The predicted octanol–water partition coefficient (Wildman–Crippen LogP) is 7.58. The van der Waals surface area contributed by atoms with Crippen molar-refractivity contribution in [1.29, 1.82) is 0 Å². The molecule has 8 nitrogen and oxygen atoms in total. The standard InChI is InChI=1S/2C18H16F4N4.2Pt/c2*1-12-9-13(24-23-12)5-3-2-4-6-25-7-8-26(11-25)15-10-14(19)16(20)18(22)17(15)21;;/h2*7-9H,2-6H2,1H3;;/q2*-2;;. The van der Waals surface area contributed by atoms with Crippen molar-refractivity contribution in [3.8, 4) is 11.4 Å². The quantitative estimate of drug-likeness (QED) is 0.0371. The van der Waals surface area contributed by atoms with Crippen LogP contribution in [0.1, 0.15) is 61.3 Å². The van der Waals surface area contributed by atoms with Crippen LogP contribution in [0.2, 0.25) is 0 Å². The zero-order valence-electron chi connectivity index (χ0n) is 28.8. The second-order valence-corrected chi connectivity index (χ2v) is 14.3. The first kappa shape index (κ1) is 41.3. The molecule has 0 aliphatic heterocycles. The van der Waals surface area contributed by atoms with Gasteiger partial charge in [-0.3, -0.25) is 0 Å². The van der Waals surface area contributed by atoms with Crippen molar-refractivity contribution in [2.45, 2.75) is 78.3 Å². The van der Waals surface area contributed by atoms with E-state index in [9.17, 15) is 35.1 Å². The Balaban J connectivity index is 0.000000208. The van der Waals surface area contributed by atoms with Gasteiger partial charge in [-0.2, -0.15) is 0 Å². The minimum absolute atomic E-state index is 0.486. The third-order valence-corrected chi connectivity index (χ3v) is 10.6. The molecule has 0 unspecified atom stereocenters. The molecule has 6 aromatic rings. The van der Waals surface area contributed by atoms with Gasteiger partial charge in [0.1, 0.15) is 0 Å². The summed E-state index contributed by atoms with van der Waals surface area (Å²) in [5, 5.41) is 16.1. The minimum atomic E-state index is -1.86. The van der Waals surface area contributed by atoms with Crippen LogP contribution in [0, 0.1) is 80.1 Å². The van der Waals surface area contributed by atoms with Crippen LogP contribution in [0.15, 0.2) is 36.9 Å². The molecule has 0 amide bonds. The van der Waals surface area contributed by atoms with Crippen LogP contribution < -0.4 is 10.2 Å². The van der Waals surface area contributed by atoms with Crippen molar-refractivity contribution in [1.82, 2.24) is 38.7 Å². The summed E-state index contributed by atoms with van der Waals surface area (Å²) in [6, 6.07) is 7.78. The van der Waals surface area contributed by atoms with Gasteiger partial charge < -0.3 is 0 Å². The second-order valence-electron chi connectivity index (χ2n) is 12.2. The van der Waals surface area contributed by atoms with Crippen LogP contribution in [0.3, 0.4) is 0 Å². The fourth-order valence-electron chi connectivity index (χ4n) is 5.45. The third-order valence-electron chi connectivity index (χ3n) is 8.20. The molecule has 2 aromatic carbocycles. The summed E-state index contributed by atoms with van der Waals surface area (Å²) in [7, 11) is 0. The number of aryl methyl sites for hydroxylation is 6. The summed E-state index contributed by atoms with van der Waals surface area (Å²) in [5.41, 5.74) is 2.81. The Morgan fingerprint density at radius 2 is 0.926 bits per heavy atom. The van der Waals surface area contributed by atoms with E-state index in [1.165, 1.54) is 21.5 Å². The average molecular weight is 1120 g/mol. The molecule has 0 radical (unpaired) electrons. The number of unbranched alkanes of at least 4 members (excludes halogenated alkanes) is 4. The van der Waals surface area contributed by atoms with Gasteiger partial charge >= 0.3 is 328 Å². The normalized spacial score (nSPS) is 11.4. The maximum atomic E-state index is 14.0. The molecule has 0 fully saturated rings. The Morgan fingerprint density at radius 1 is 0.537 bits per heavy atom. The zero-order chi connectivity index (χ0) is 39.1. The Kier molecular flexibility index (Phi) is 14.2. The molecule has 0 spiro atoms. The summed E-state index contributed by atoms with van der Waals surface area (Å²) in [6.45, 7) is 5.12. The first-order chi connectivity index (χ1) is 25.8. The third kappa shape index (κ3) is 9.85. The molecule has 4 aromatic heterocycles. The molecule has 0 N–H and O–H groups in total. The molecule has 0 atom stereocenters. The molecule has 0 saturated heterocycles. The van der Waals surface area contributed by atoms with Crippen molar-refractivity contribution >= 4 is 0 Å². The topological polar surface area (TPSA) is 73.7 Å². The Morgan fingerprint density at radius 3 is 1.28 bits per heavy atom. The monoisotopic (exact) mass is 1120 g/mol. The fraction of sp³-hybridized carbons (Fsp3) is 0.333. The first-order valence-electron chi connectivity index (χ1n) is 16.7. The molecule has 0 aliphatic carbocycles. The number of nitrogens with zero attached hydrogens (tertiary/aromatic N) is 8. The van der Waals surface area contributed by atoms with Gasteiger partial charge in [0, 0.05) is 0 Å². The number of benzene rings is 2. The van der Waals surface area contributed by atoms with Gasteiger partial charge in [0.05, 0.1) is 0 Å². The van der Waals surface area contributed by atoms with E-state index in [2.05, 4.69) is 20.4 Å². The van der Waals surface area contributed by atoms with Crippen LogP contribution >= 0.6 is 0 Å². The number of aromatic nitrogens is 8. The number of halogens is 8. The van der Waals surface area contributed by atoms with Crippen LogP contribution in [-0.4, -0.2) is 28.5 Å².